The topological polar surface area (TPSA) is 125 Å². The number of hydrogen-bond acceptors (Lipinski definition) is 7. The van der Waals surface area contributed by atoms with Gasteiger partial charge in [0, 0.05) is 6.07 Å². The Morgan fingerprint density at radius 3 is 2.59 bits per heavy atom. The number of phenols is 1. The van der Waals surface area contributed by atoms with Gasteiger partial charge in [-0.3, -0.25) is 14.9 Å². The van der Waals surface area contributed by atoms with Gasteiger partial charge >= 0.3 is 11.9 Å². The van der Waals surface area contributed by atoms with Crippen molar-refractivity contribution in [3.8, 4) is 5.75 Å². The normalized spacial score (nSPS) is 24.5. The lowest BCUT2D eigenvalue weighted by Gasteiger charge is -2.46. The number of nitrogens with zero attached hydrogens (tertiary/aromatic N) is 1. The zero-order valence-electron chi connectivity index (χ0n) is 14.1. The summed E-state index contributed by atoms with van der Waals surface area (Å²) in [5.74, 6) is -3.91. The van der Waals surface area contributed by atoms with E-state index in [1.807, 2.05) is 0 Å². The van der Waals surface area contributed by atoms with Gasteiger partial charge in [-0.2, -0.15) is 13.2 Å². The molecule has 0 bridgehead atoms. The fourth-order valence-electron chi connectivity index (χ4n) is 3.07. The number of aliphatic hydroxyl groups is 1. The van der Waals surface area contributed by atoms with Crippen molar-refractivity contribution in [1.29, 1.82) is 0 Å². The van der Waals surface area contributed by atoms with E-state index in [9.17, 15) is 38.3 Å². The Morgan fingerprint density at radius 2 is 2.03 bits per heavy atom. The molecule has 0 saturated carbocycles. The zero-order chi connectivity index (χ0) is 21.6. The highest BCUT2D eigenvalue weighted by molar-refractivity contribution is 7.80. The number of thiophene rings is 1. The fourth-order valence-corrected chi connectivity index (χ4v) is 4.06. The number of carbonyl (C=O) groups excluding carboxylic acids is 1. The van der Waals surface area contributed by atoms with Crippen LogP contribution in [0.1, 0.15) is 21.3 Å². The molecule has 29 heavy (non-hydrogen) atoms. The lowest BCUT2D eigenvalue weighted by atomic mass is 9.78. The molecule has 0 aliphatic carbocycles. The number of rotatable bonds is 4. The Kier molecular flexibility index (Phi) is 5.23. The number of ketones is 1. The molecule has 1 aliphatic rings. The molecule has 3 atom stereocenters. The highest BCUT2D eigenvalue weighted by atomic mass is 32.1. The Labute approximate surface area is 170 Å². The molecule has 0 amide bonds. The lowest BCUT2D eigenvalue weighted by Crippen LogP contribution is -2.72. The monoisotopic (exact) mass is 447 g/mol. The molecule has 4 N–H and O–H groups in total. The van der Waals surface area contributed by atoms with E-state index in [1.54, 1.807) is 5.32 Å². The third-order valence-corrected chi connectivity index (χ3v) is 5.51. The molecule has 2 aromatic rings. The first kappa shape index (κ1) is 21.0. The molecule has 154 valence electrons. The molecule has 1 saturated heterocycles. The lowest BCUT2D eigenvalue weighted by molar-refractivity contribution is -0.386. The average molecular weight is 447 g/mol. The largest absolute Gasteiger partial charge is 0.502 e. The molecule has 0 radical (unpaired) electrons. The second kappa shape index (κ2) is 7.24. The first-order valence-electron chi connectivity index (χ1n) is 7.88. The van der Waals surface area contributed by atoms with Crippen LogP contribution in [0.4, 0.5) is 18.9 Å². The van der Waals surface area contributed by atoms with Gasteiger partial charge in [0.1, 0.15) is 5.92 Å². The number of nitro benzene ring substituents is 1. The van der Waals surface area contributed by atoms with Gasteiger partial charge in [0.2, 0.25) is 5.72 Å². The van der Waals surface area contributed by atoms with Gasteiger partial charge in [0.25, 0.3) is 0 Å². The molecule has 1 aromatic carbocycles. The van der Waals surface area contributed by atoms with Crippen LogP contribution in [0.5, 0.6) is 5.75 Å². The minimum absolute atomic E-state index is 0.0487. The first-order chi connectivity index (χ1) is 13.5. The van der Waals surface area contributed by atoms with Crippen LogP contribution in [0.2, 0.25) is 0 Å². The van der Waals surface area contributed by atoms with Gasteiger partial charge in [-0.15, -0.1) is 11.3 Å². The number of halogens is 3. The summed E-state index contributed by atoms with van der Waals surface area (Å²) in [4.78, 5) is 23.1. The van der Waals surface area contributed by atoms with Gasteiger partial charge < -0.3 is 20.8 Å². The molecular formula is C16H12F3N3O5S2. The molecule has 0 spiro atoms. The number of benzene rings is 1. The van der Waals surface area contributed by atoms with Crippen molar-refractivity contribution in [1.82, 2.24) is 10.6 Å². The number of hydrogen-bond donors (Lipinski definition) is 4. The summed E-state index contributed by atoms with van der Waals surface area (Å²) in [7, 11) is 0. The van der Waals surface area contributed by atoms with Crippen LogP contribution in [0, 0.1) is 16.0 Å². The van der Waals surface area contributed by atoms with Gasteiger partial charge in [0.15, 0.2) is 16.6 Å². The second-order valence-corrected chi connectivity index (χ2v) is 7.52. The number of alkyl halides is 3. The maximum atomic E-state index is 13.8. The van der Waals surface area contributed by atoms with E-state index in [1.165, 1.54) is 17.5 Å². The minimum atomic E-state index is -5.31. The Balaban J connectivity index is 2.19. The summed E-state index contributed by atoms with van der Waals surface area (Å²) in [6, 6.07) is 4.04. The quantitative estimate of drug-likeness (QED) is 0.244. The van der Waals surface area contributed by atoms with Crippen LogP contribution in [-0.2, 0) is 0 Å². The maximum absolute atomic E-state index is 13.8. The van der Waals surface area contributed by atoms with Crippen molar-refractivity contribution in [3.05, 3.63) is 56.3 Å². The zero-order valence-corrected chi connectivity index (χ0v) is 15.8. The molecule has 13 heteroatoms. The highest BCUT2D eigenvalue weighted by Gasteiger charge is 2.66. The van der Waals surface area contributed by atoms with E-state index < -0.39 is 51.1 Å². The Bertz CT molecular complexity index is 983. The van der Waals surface area contributed by atoms with Crippen LogP contribution in [0.15, 0.2) is 35.7 Å². The highest BCUT2D eigenvalue weighted by Crippen LogP contribution is 2.45. The van der Waals surface area contributed by atoms with E-state index in [-0.39, 0.29) is 10.4 Å². The van der Waals surface area contributed by atoms with Crippen molar-refractivity contribution >= 4 is 40.1 Å². The van der Waals surface area contributed by atoms with Crippen LogP contribution >= 0.6 is 23.6 Å². The van der Waals surface area contributed by atoms with Crippen molar-refractivity contribution < 1.29 is 33.1 Å². The molecule has 1 aliphatic heterocycles. The third-order valence-electron chi connectivity index (χ3n) is 4.41. The number of phenolic OH excluding ortho intramolecular Hbond substituents is 1. The fraction of sp³-hybridized carbons (Fsp3) is 0.250. The summed E-state index contributed by atoms with van der Waals surface area (Å²) < 4.78 is 41.4. The van der Waals surface area contributed by atoms with Crippen molar-refractivity contribution in [3.63, 3.8) is 0 Å². The van der Waals surface area contributed by atoms with Gasteiger partial charge in [-0.1, -0.05) is 12.1 Å². The number of carbonyl (C=O) groups is 1. The first-order valence-corrected chi connectivity index (χ1v) is 9.17. The number of thiocarbonyl (C=S) groups is 1. The van der Waals surface area contributed by atoms with Crippen LogP contribution in [0.3, 0.4) is 0 Å². The van der Waals surface area contributed by atoms with E-state index in [0.29, 0.717) is 0 Å². The van der Waals surface area contributed by atoms with Gasteiger partial charge in [0.05, 0.1) is 15.8 Å². The van der Waals surface area contributed by atoms with Crippen LogP contribution < -0.4 is 10.6 Å². The smallest absolute Gasteiger partial charge is 0.437 e. The Morgan fingerprint density at radius 1 is 1.34 bits per heavy atom. The van der Waals surface area contributed by atoms with Crippen LogP contribution in [0.25, 0.3) is 0 Å². The minimum Gasteiger partial charge on any atom is -0.502 e. The van der Waals surface area contributed by atoms with E-state index in [0.717, 1.165) is 29.5 Å². The third kappa shape index (κ3) is 3.63. The van der Waals surface area contributed by atoms with E-state index in [4.69, 9.17) is 12.2 Å². The summed E-state index contributed by atoms with van der Waals surface area (Å²) in [6.45, 7) is 0. The molecule has 8 nitrogen and oxygen atoms in total. The second-order valence-electron chi connectivity index (χ2n) is 6.16. The molecule has 3 rings (SSSR count). The molecule has 0 unspecified atom stereocenters. The number of aromatic hydroxyl groups is 1. The van der Waals surface area contributed by atoms with Crippen LogP contribution in [-0.4, -0.2) is 37.9 Å². The predicted molar refractivity (Wildman–Crippen MR) is 99.5 cm³/mol. The van der Waals surface area contributed by atoms with Gasteiger partial charge in [-0.05, 0) is 35.3 Å². The number of nitro groups is 1. The van der Waals surface area contributed by atoms with Crippen molar-refractivity contribution in [2.45, 2.75) is 17.9 Å². The molecule has 2 heterocycles. The standard InChI is InChI=1S/C16H12F3N3O5S2/c17-16(18,19)15(25)11(13(24)10-2-1-5-29-10)12(20-14(28)21-15)7-3-4-9(23)8(6-7)22(26)27/h1-6,11-12,23,25H,(H2,20,21,28)/t11-,12-,15-/m1/s1. The summed E-state index contributed by atoms with van der Waals surface area (Å²) >= 11 is 5.66. The van der Waals surface area contributed by atoms with Crippen molar-refractivity contribution in [2.24, 2.45) is 5.92 Å². The molecular weight excluding hydrogens is 435 g/mol. The average Bonchev–Trinajstić information content (AvgIpc) is 3.14. The summed E-state index contributed by atoms with van der Waals surface area (Å²) in [6.07, 6.45) is -5.31. The number of Topliss-reactive ketones (excluding diaryl/α,β-unsaturated/α-hetero) is 1. The van der Waals surface area contributed by atoms with Crippen molar-refractivity contribution in [2.75, 3.05) is 0 Å². The molecule has 1 aromatic heterocycles. The van der Waals surface area contributed by atoms with E-state index >= 15 is 0 Å². The maximum Gasteiger partial charge on any atom is 0.437 e. The predicted octanol–water partition coefficient (Wildman–Crippen LogP) is 2.63. The summed E-state index contributed by atoms with van der Waals surface area (Å²) in [5.41, 5.74) is -4.64. The number of nitrogens with one attached hydrogen (secondary N) is 2. The van der Waals surface area contributed by atoms with Gasteiger partial charge in [-0.25, -0.2) is 0 Å². The SMILES string of the molecule is O=C(c1cccs1)[C@H]1[C@@H](c2ccc(O)c([N+](=O)[O-])c2)NC(=S)N[C@]1(O)C(F)(F)F. The Hall–Kier alpha value is -2.77. The summed E-state index contributed by atoms with van der Waals surface area (Å²) in [5, 5.41) is 36.3. The molecule has 1 fully saturated rings. The van der Waals surface area contributed by atoms with E-state index in [2.05, 4.69) is 5.32 Å².